The van der Waals surface area contributed by atoms with E-state index >= 15 is 0 Å². The fourth-order valence-corrected chi connectivity index (χ4v) is 4.98. The smallest absolute Gasteiger partial charge is 0.270 e. The molecule has 0 atom stereocenters. The summed E-state index contributed by atoms with van der Waals surface area (Å²) in [4.78, 5) is 17.9. The van der Waals surface area contributed by atoms with Crippen LogP contribution in [0.15, 0.2) is 42.5 Å². The Labute approximate surface area is 194 Å². The number of amides is 1. The van der Waals surface area contributed by atoms with Crippen LogP contribution in [-0.2, 0) is 13.0 Å². The molecule has 4 rings (SSSR count). The van der Waals surface area contributed by atoms with E-state index in [9.17, 15) is 13.6 Å². The predicted molar refractivity (Wildman–Crippen MR) is 128 cm³/mol. The molecule has 1 amide bonds. The third-order valence-electron chi connectivity index (χ3n) is 6.82. The van der Waals surface area contributed by atoms with Gasteiger partial charge in [-0.05, 0) is 67.6 Å². The highest BCUT2D eigenvalue weighted by atomic mass is 19.2. The summed E-state index contributed by atoms with van der Waals surface area (Å²) in [6, 6.07) is 12.2. The minimum atomic E-state index is -0.870. The van der Waals surface area contributed by atoms with Crippen molar-refractivity contribution in [2.75, 3.05) is 31.1 Å². The van der Waals surface area contributed by atoms with E-state index < -0.39 is 11.6 Å². The lowest BCUT2D eigenvalue weighted by atomic mass is 10.1. The van der Waals surface area contributed by atoms with Crippen molar-refractivity contribution in [2.45, 2.75) is 40.7 Å². The van der Waals surface area contributed by atoms with Crippen LogP contribution < -0.4 is 4.90 Å². The molecule has 0 unspecified atom stereocenters. The van der Waals surface area contributed by atoms with Crippen LogP contribution in [0.1, 0.15) is 45.4 Å². The fraction of sp³-hybridized carbons (Fsp3) is 0.370. The topological polar surface area (TPSA) is 28.5 Å². The summed E-state index contributed by atoms with van der Waals surface area (Å²) in [6.45, 7) is 11.3. The van der Waals surface area contributed by atoms with E-state index in [-0.39, 0.29) is 5.91 Å². The number of hydrogen-bond acceptors (Lipinski definition) is 2. The number of carbonyl (C=O) groups excluding carboxylic acids is 1. The summed E-state index contributed by atoms with van der Waals surface area (Å²) in [5.74, 6) is -1.73. The standard InChI is InChI=1S/C27H31F2N3O/c1-5-22-19(3)26(32(20(22)4)17-21-10-11-23(28)24(29)16-21)27(33)31-14-12-30(13-15-31)25-9-7-6-8-18(25)2/h6-11,16H,5,12-15,17H2,1-4H3. The number of benzene rings is 2. The second-order valence-electron chi connectivity index (χ2n) is 8.79. The second kappa shape index (κ2) is 9.38. The Bertz CT molecular complexity index is 1180. The van der Waals surface area contributed by atoms with Crippen molar-refractivity contribution in [2.24, 2.45) is 0 Å². The summed E-state index contributed by atoms with van der Waals surface area (Å²) in [5, 5.41) is 0. The zero-order chi connectivity index (χ0) is 23.7. The zero-order valence-corrected chi connectivity index (χ0v) is 19.8. The van der Waals surface area contributed by atoms with Gasteiger partial charge in [0.25, 0.3) is 5.91 Å². The van der Waals surface area contributed by atoms with Gasteiger partial charge in [0.1, 0.15) is 5.69 Å². The van der Waals surface area contributed by atoms with Crippen molar-refractivity contribution in [3.8, 4) is 0 Å². The number of nitrogens with zero attached hydrogens (tertiary/aromatic N) is 3. The van der Waals surface area contributed by atoms with Crippen LogP contribution in [0, 0.1) is 32.4 Å². The van der Waals surface area contributed by atoms with Gasteiger partial charge in [-0.15, -0.1) is 0 Å². The summed E-state index contributed by atoms with van der Waals surface area (Å²) >= 11 is 0. The Morgan fingerprint density at radius 1 is 0.939 bits per heavy atom. The van der Waals surface area contributed by atoms with Gasteiger partial charge in [-0.25, -0.2) is 8.78 Å². The van der Waals surface area contributed by atoms with Gasteiger partial charge in [0, 0.05) is 44.1 Å². The van der Waals surface area contributed by atoms with Gasteiger partial charge in [-0.1, -0.05) is 31.2 Å². The minimum Gasteiger partial charge on any atom is -0.368 e. The lowest BCUT2D eigenvalue weighted by Crippen LogP contribution is -2.49. The molecule has 4 nitrogen and oxygen atoms in total. The number of anilines is 1. The highest BCUT2D eigenvalue weighted by Crippen LogP contribution is 2.27. The van der Waals surface area contributed by atoms with Crippen LogP contribution in [0.2, 0.25) is 0 Å². The highest BCUT2D eigenvalue weighted by molar-refractivity contribution is 5.95. The Hall–Kier alpha value is -3.15. The predicted octanol–water partition coefficient (Wildman–Crippen LogP) is 5.26. The van der Waals surface area contributed by atoms with E-state index in [0.717, 1.165) is 42.4 Å². The molecule has 0 spiro atoms. The van der Waals surface area contributed by atoms with Crippen LogP contribution in [0.4, 0.5) is 14.5 Å². The molecule has 0 bridgehead atoms. The average Bonchev–Trinajstić information content (AvgIpc) is 3.05. The molecule has 174 valence electrons. The summed E-state index contributed by atoms with van der Waals surface area (Å²) in [5.41, 5.74) is 6.85. The molecule has 1 aromatic heterocycles. The van der Waals surface area contributed by atoms with Crippen LogP contribution in [0.3, 0.4) is 0 Å². The lowest BCUT2D eigenvalue weighted by Gasteiger charge is -2.37. The molecular weight excluding hydrogens is 420 g/mol. The van der Waals surface area contributed by atoms with E-state index in [1.165, 1.54) is 17.3 Å². The van der Waals surface area contributed by atoms with E-state index in [1.54, 1.807) is 6.07 Å². The van der Waals surface area contributed by atoms with Gasteiger partial charge in [0.15, 0.2) is 11.6 Å². The van der Waals surface area contributed by atoms with Crippen molar-refractivity contribution < 1.29 is 13.6 Å². The normalized spacial score (nSPS) is 14.1. The van der Waals surface area contributed by atoms with E-state index in [1.807, 2.05) is 35.4 Å². The highest BCUT2D eigenvalue weighted by Gasteiger charge is 2.28. The van der Waals surface area contributed by atoms with Crippen molar-refractivity contribution >= 4 is 11.6 Å². The zero-order valence-electron chi connectivity index (χ0n) is 19.8. The summed E-state index contributed by atoms with van der Waals surface area (Å²) in [6.07, 6.45) is 0.809. The number of aromatic nitrogens is 1. The molecule has 1 saturated heterocycles. The maximum atomic E-state index is 13.8. The second-order valence-corrected chi connectivity index (χ2v) is 8.79. The van der Waals surface area contributed by atoms with E-state index in [0.29, 0.717) is 30.9 Å². The van der Waals surface area contributed by atoms with Crippen LogP contribution in [0.5, 0.6) is 0 Å². The number of aryl methyl sites for hydroxylation is 1. The number of halogens is 2. The Kier molecular flexibility index (Phi) is 6.54. The minimum absolute atomic E-state index is 0.00215. The fourth-order valence-electron chi connectivity index (χ4n) is 4.98. The Morgan fingerprint density at radius 3 is 2.27 bits per heavy atom. The molecule has 6 heteroatoms. The molecule has 2 heterocycles. The number of rotatable bonds is 5. The third kappa shape index (κ3) is 4.39. The summed E-state index contributed by atoms with van der Waals surface area (Å²) in [7, 11) is 0. The van der Waals surface area contributed by atoms with Crippen molar-refractivity contribution in [1.29, 1.82) is 0 Å². The molecule has 0 aliphatic carbocycles. The molecule has 0 N–H and O–H groups in total. The van der Waals surface area contributed by atoms with E-state index in [4.69, 9.17) is 0 Å². The third-order valence-corrected chi connectivity index (χ3v) is 6.82. The molecule has 0 radical (unpaired) electrons. The first-order valence-electron chi connectivity index (χ1n) is 11.5. The number of hydrogen-bond donors (Lipinski definition) is 0. The first-order chi connectivity index (χ1) is 15.8. The van der Waals surface area contributed by atoms with E-state index in [2.05, 4.69) is 30.9 Å². The maximum absolute atomic E-state index is 13.8. The SMILES string of the molecule is CCc1c(C)c(C(=O)N2CCN(c3ccccc3C)CC2)n(Cc2ccc(F)c(F)c2)c1C. The largest absolute Gasteiger partial charge is 0.368 e. The molecule has 1 aliphatic heterocycles. The quantitative estimate of drug-likeness (QED) is 0.529. The van der Waals surface area contributed by atoms with Gasteiger partial charge in [0.05, 0.1) is 0 Å². The Balaban J connectivity index is 1.59. The maximum Gasteiger partial charge on any atom is 0.270 e. The van der Waals surface area contributed by atoms with Crippen molar-refractivity contribution in [1.82, 2.24) is 9.47 Å². The molecule has 33 heavy (non-hydrogen) atoms. The molecule has 1 aliphatic rings. The van der Waals surface area contributed by atoms with Gasteiger partial charge in [0.2, 0.25) is 0 Å². The molecule has 2 aromatic carbocycles. The van der Waals surface area contributed by atoms with Crippen LogP contribution >= 0.6 is 0 Å². The molecule has 3 aromatic rings. The number of para-hydroxylation sites is 1. The monoisotopic (exact) mass is 451 g/mol. The van der Waals surface area contributed by atoms with Gasteiger partial charge >= 0.3 is 0 Å². The number of piperazine rings is 1. The number of carbonyl (C=O) groups is 1. The van der Waals surface area contributed by atoms with Gasteiger partial charge in [-0.3, -0.25) is 4.79 Å². The molecular formula is C27H31F2N3O. The lowest BCUT2D eigenvalue weighted by molar-refractivity contribution is 0.0735. The summed E-state index contributed by atoms with van der Waals surface area (Å²) < 4.78 is 29.2. The van der Waals surface area contributed by atoms with Crippen molar-refractivity contribution in [3.05, 3.63) is 87.7 Å². The molecule has 1 fully saturated rings. The van der Waals surface area contributed by atoms with Crippen LogP contribution in [0.25, 0.3) is 0 Å². The van der Waals surface area contributed by atoms with Gasteiger partial charge < -0.3 is 14.4 Å². The molecule has 0 saturated carbocycles. The first kappa shape index (κ1) is 23.0. The first-order valence-corrected chi connectivity index (χ1v) is 11.5. The Morgan fingerprint density at radius 2 is 1.64 bits per heavy atom. The van der Waals surface area contributed by atoms with Gasteiger partial charge in [-0.2, -0.15) is 0 Å². The van der Waals surface area contributed by atoms with Crippen molar-refractivity contribution in [3.63, 3.8) is 0 Å². The van der Waals surface area contributed by atoms with Crippen LogP contribution in [-0.4, -0.2) is 41.6 Å². The average molecular weight is 452 g/mol.